The Morgan fingerprint density at radius 2 is 2.08 bits per heavy atom. The van der Waals surface area contributed by atoms with Gasteiger partial charge in [-0.25, -0.2) is 4.98 Å². The number of pyridine rings is 1. The molecule has 0 saturated heterocycles. The zero-order valence-corrected chi connectivity index (χ0v) is 7.68. The third-order valence-electron chi connectivity index (χ3n) is 2.39. The lowest BCUT2D eigenvalue weighted by molar-refractivity contribution is 0.419. The molecule has 12 heavy (non-hydrogen) atoms. The van der Waals surface area contributed by atoms with Gasteiger partial charge >= 0.3 is 0 Å². The second kappa shape index (κ2) is 3.76. The van der Waals surface area contributed by atoms with E-state index in [1.54, 1.807) is 0 Å². The molecule has 0 aromatic carbocycles. The molecule has 1 saturated carbocycles. The van der Waals surface area contributed by atoms with Crippen molar-refractivity contribution in [3.8, 4) is 0 Å². The number of nitrogen functional groups attached to an aromatic ring is 1. The minimum absolute atomic E-state index is 0. The summed E-state index contributed by atoms with van der Waals surface area (Å²) in [6, 6.07) is 3.97. The number of halogens is 1. The molecule has 1 aliphatic rings. The lowest BCUT2D eigenvalue weighted by atomic mass is 9.81. The van der Waals surface area contributed by atoms with Crippen LogP contribution in [0, 0.1) is 0 Å². The van der Waals surface area contributed by atoms with Gasteiger partial charge in [-0.3, -0.25) is 0 Å². The highest BCUT2D eigenvalue weighted by Crippen LogP contribution is 2.35. The topological polar surface area (TPSA) is 38.9 Å². The zero-order valence-electron chi connectivity index (χ0n) is 6.86. The normalized spacial score (nSPS) is 16.3. The lowest BCUT2D eigenvalue weighted by Gasteiger charge is -2.25. The van der Waals surface area contributed by atoms with E-state index in [0.717, 1.165) is 5.92 Å². The van der Waals surface area contributed by atoms with Crippen LogP contribution < -0.4 is 5.73 Å². The van der Waals surface area contributed by atoms with E-state index in [-0.39, 0.29) is 12.4 Å². The molecule has 2 N–H and O–H groups in total. The molecule has 3 heteroatoms. The van der Waals surface area contributed by atoms with Gasteiger partial charge in [-0.2, -0.15) is 0 Å². The van der Waals surface area contributed by atoms with Gasteiger partial charge in [0.1, 0.15) is 5.82 Å². The average Bonchev–Trinajstić information content (AvgIpc) is 1.90. The SMILES string of the molecule is Cl.Nc1ccc(C2CCC2)cn1. The molecule has 2 rings (SSSR count). The predicted molar refractivity (Wildman–Crippen MR) is 52.5 cm³/mol. The summed E-state index contributed by atoms with van der Waals surface area (Å²) >= 11 is 0. The van der Waals surface area contributed by atoms with E-state index in [4.69, 9.17) is 5.73 Å². The number of anilines is 1. The van der Waals surface area contributed by atoms with Crippen molar-refractivity contribution >= 4 is 18.2 Å². The van der Waals surface area contributed by atoms with Crippen LogP contribution in [0.25, 0.3) is 0 Å². The second-order valence-corrected chi connectivity index (χ2v) is 3.14. The van der Waals surface area contributed by atoms with E-state index in [2.05, 4.69) is 11.1 Å². The van der Waals surface area contributed by atoms with Gasteiger partial charge in [-0.05, 0) is 30.4 Å². The molecule has 0 bridgehead atoms. The molecule has 0 spiro atoms. The van der Waals surface area contributed by atoms with Gasteiger partial charge in [-0.1, -0.05) is 12.5 Å². The van der Waals surface area contributed by atoms with Crippen molar-refractivity contribution in [2.24, 2.45) is 0 Å². The number of aromatic nitrogens is 1. The zero-order chi connectivity index (χ0) is 7.68. The van der Waals surface area contributed by atoms with Crippen molar-refractivity contribution in [3.05, 3.63) is 23.9 Å². The number of nitrogens with two attached hydrogens (primary N) is 1. The van der Waals surface area contributed by atoms with Crippen molar-refractivity contribution < 1.29 is 0 Å². The Morgan fingerprint density at radius 1 is 1.33 bits per heavy atom. The highest BCUT2D eigenvalue weighted by atomic mass is 35.5. The molecular weight excluding hydrogens is 172 g/mol. The van der Waals surface area contributed by atoms with Crippen LogP contribution in [-0.4, -0.2) is 4.98 Å². The van der Waals surface area contributed by atoms with Gasteiger partial charge in [0.2, 0.25) is 0 Å². The molecule has 1 aromatic rings. The summed E-state index contributed by atoms with van der Waals surface area (Å²) in [5, 5.41) is 0. The second-order valence-electron chi connectivity index (χ2n) is 3.14. The highest BCUT2D eigenvalue weighted by Gasteiger charge is 2.19. The third-order valence-corrected chi connectivity index (χ3v) is 2.39. The van der Waals surface area contributed by atoms with E-state index in [0.29, 0.717) is 5.82 Å². The maximum absolute atomic E-state index is 5.48. The van der Waals surface area contributed by atoms with Crippen LogP contribution in [0.3, 0.4) is 0 Å². The van der Waals surface area contributed by atoms with Gasteiger partial charge in [0.05, 0.1) is 0 Å². The first-order valence-corrected chi connectivity index (χ1v) is 4.08. The fraction of sp³-hybridized carbons (Fsp3) is 0.444. The van der Waals surface area contributed by atoms with Crippen LogP contribution in [0.4, 0.5) is 5.82 Å². The van der Waals surface area contributed by atoms with Crippen LogP contribution in [0.1, 0.15) is 30.7 Å². The Bertz CT molecular complexity index is 241. The standard InChI is InChI=1S/C9H12N2.ClH/c10-9-5-4-8(6-11-9)7-2-1-3-7;/h4-7H,1-3H2,(H2,10,11);1H. The van der Waals surface area contributed by atoms with Gasteiger partial charge in [0, 0.05) is 6.20 Å². The van der Waals surface area contributed by atoms with Crippen molar-refractivity contribution in [2.75, 3.05) is 5.73 Å². The fourth-order valence-corrected chi connectivity index (χ4v) is 1.40. The Kier molecular flexibility index (Phi) is 2.93. The quantitative estimate of drug-likeness (QED) is 0.728. The van der Waals surface area contributed by atoms with Crippen LogP contribution in [0.2, 0.25) is 0 Å². The molecule has 1 aliphatic carbocycles. The smallest absolute Gasteiger partial charge is 0.123 e. The Labute approximate surface area is 78.6 Å². The van der Waals surface area contributed by atoms with E-state index in [1.807, 2.05) is 12.3 Å². The summed E-state index contributed by atoms with van der Waals surface area (Å²) in [5.74, 6) is 1.39. The van der Waals surface area contributed by atoms with Crippen molar-refractivity contribution in [3.63, 3.8) is 0 Å². The molecule has 1 heterocycles. The van der Waals surface area contributed by atoms with E-state index < -0.39 is 0 Å². The summed E-state index contributed by atoms with van der Waals surface area (Å²) in [7, 11) is 0. The Balaban J connectivity index is 0.000000720. The average molecular weight is 185 g/mol. The monoisotopic (exact) mass is 184 g/mol. The first-order chi connectivity index (χ1) is 5.36. The van der Waals surface area contributed by atoms with Gasteiger partial charge in [-0.15, -0.1) is 12.4 Å². The fourth-order valence-electron chi connectivity index (χ4n) is 1.40. The summed E-state index contributed by atoms with van der Waals surface area (Å²) in [5.41, 5.74) is 6.83. The Hall–Kier alpha value is -0.760. The van der Waals surface area contributed by atoms with E-state index in [1.165, 1.54) is 24.8 Å². The van der Waals surface area contributed by atoms with E-state index >= 15 is 0 Å². The van der Waals surface area contributed by atoms with Crippen LogP contribution >= 0.6 is 12.4 Å². The summed E-state index contributed by atoms with van der Waals surface area (Å²) in [6.07, 6.45) is 5.92. The molecule has 0 radical (unpaired) electrons. The highest BCUT2D eigenvalue weighted by molar-refractivity contribution is 5.85. The molecule has 0 amide bonds. The number of rotatable bonds is 1. The molecule has 1 aromatic heterocycles. The number of hydrogen-bond acceptors (Lipinski definition) is 2. The third kappa shape index (κ3) is 1.69. The number of hydrogen-bond donors (Lipinski definition) is 1. The maximum atomic E-state index is 5.48. The maximum Gasteiger partial charge on any atom is 0.123 e. The van der Waals surface area contributed by atoms with Crippen LogP contribution in [0.15, 0.2) is 18.3 Å². The largest absolute Gasteiger partial charge is 0.384 e. The molecule has 0 unspecified atom stereocenters. The van der Waals surface area contributed by atoms with E-state index in [9.17, 15) is 0 Å². The molecular formula is C9H13ClN2. The minimum Gasteiger partial charge on any atom is -0.384 e. The number of nitrogens with zero attached hydrogens (tertiary/aromatic N) is 1. The van der Waals surface area contributed by atoms with Gasteiger partial charge < -0.3 is 5.73 Å². The summed E-state index contributed by atoms with van der Waals surface area (Å²) < 4.78 is 0. The summed E-state index contributed by atoms with van der Waals surface area (Å²) in [6.45, 7) is 0. The first kappa shape index (κ1) is 9.33. The van der Waals surface area contributed by atoms with Crippen molar-refractivity contribution in [2.45, 2.75) is 25.2 Å². The van der Waals surface area contributed by atoms with Crippen molar-refractivity contribution in [1.29, 1.82) is 0 Å². The van der Waals surface area contributed by atoms with Crippen molar-refractivity contribution in [1.82, 2.24) is 4.98 Å². The van der Waals surface area contributed by atoms with Crippen LogP contribution in [0.5, 0.6) is 0 Å². The Morgan fingerprint density at radius 3 is 2.50 bits per heavy atom. The minimum atomic E-state index is 0. The van der Waals surface area contributed by atoms with Gasteiger partial charge in [0.15, 0.2) is 0 Å². The van der Waals surface area contributed by atoms with Gasteiger partial charge in [0.25, 0.3) is 0 Å². The molecule has 0 atom stereocenters. The lowest BCUT2D eigenvalue weighted by Crippen LogP contribution is -2.08. The summed E-state index contributed by atoms with van der Waals surface area (Å²) in [4.78, 5) is 4.06. The molecule has 0 aliphatic heterocycles. The van der Waals surface area contributed by atoms with Crippen LogP contribution in [-0.2, 0) is 0 Å². The molecule has 66 valence electrons. The predicted octanol–water partition coefficient (Wildman–Crippen LogP) is 2.35. The molecule has 1 fully saturated rings. The first-order valence-electron chi connectivity index (χ1n) is 4.08. The molecule has 2 nitrogen and oxygen atoms in total.